The SMILES string of the molecule is OC[C]1([SnH])CCC1. The van der Waals surface area contributed by atoms with Crippen LogP contribution in [0.4, 0.5) is 0 Å². The molecule has 0 aliphatic heterocycles. The van der Waals surface area contributed by atoms with Gasteiger partial charge in [0.2, 0.25) is 0 Å². The van der Waals surface area contributed by atoms with Crippen LogP contribution in [-0.2, 0) is 0 Å². The Kier molecular flexibility index (Phi) is 1.63. The molecule has 0 atom stereocenters. The quantitative estimate of drug-likeness (QED) is 0.607. The van der Waals surface area contributed by atoms with Crippen LogP contribution in [0.25, 0.3) is 0 Å². The minimum absolute atomic E-state index is 0.440. The van der Waals surface area contributed by atoms with Gasteiger partial charge in [-0.05, 0) is 0 Å². The molecule has 40 valence electrons. The zero-order valence-corrected chi connectivity index (χ0v) is 7.65. The van der Waals surface area contributed by atoms with Crippen LogP contribution < -0.4 is 0 Å². The van der Waals surface area contributed by atoms with Gasteiger partial charge in [0.15, 0.2) is 0 Å². The van der Waals surface area contributed by atoms with Crippen molar-refractivity contribution in [2.45, 2.75) is 22.7 Å². The summed E-state index contributed by atoms with van der Waals surface area (Å²) in [4.78, 5) is 0. The second kappa shape index (κ2) is 1.94. The molecule has 2 radical (unpaired) electrons. The van der Waals surface area contributed by atoms with Crippen molar-refractivity contribution in [3.8, 4) is 0 Å². The molecule has 0 amide bonds. The van der Waals surface area contributed by atoms with E-state index < -0.39 is 0 Å². The molecule has 1 N–H and O–H groups in total. The van der Waals surface area contributed by atoms with E-state index in [1.165, 1.54) is 41.8 Å². The van der Waals surface area contributed by atoms with E-state index in [1.54, 1.807) is 0 Å². The predicted octanol–water partition coefficient (Wildman–Crippen LogP) is 0.222. The fourth-order valence-electron chi connectivity index (χ4n) is 0.789. The van der Waals surface area contributed by atoms with Crippen molar-refractivity contribution in [2.75, 3.05) is 6.61 Å². The van der Waals surface area contributed by atoms with Gasteiger partial charge >= 0.3 is 56.9 Å². The maximum absolute atomic E-state index is 8.68. The molecular formula is C5H10OSn. The minimum atomic E-state index is 0.440. The van der Waals surface area contributed by atoms with E-state index in [-0.39, 0.29) is 0 Å². The Morgan fingerprint density at radius 3 is 2.14 bits per heavy atom. The molecule has 1 saturated carbocycles. The Hall–Kier alpha value is 0.759. The number of aliphatic hydroxyl groups is 1. The van der Waals surface area contributed by atoms with Gasteiger partial charge in [-0.1, -0.05) is 0 Å². The monoisotopic (exact) mass is 206 g/mol. The van der Waals surface area contributed by atoms with Crippen LogP contribution in [0.15, 0.2) is 0 Å². The zero-order valence-electron chi connectivity index (χ0n) is 4.35. The van der Waals surface area contributed by atoms with Crippen LogP contribution in [-0.4, -0.2) is 34.2 Å². The van der Waals surface area contributed by atoms with Crippen molar-refractivity contribution >= 4 is 22.5 Å². The van der Waals surface area contributed by atoms with Gasteiger partial charge < -0.3 is 0 Å². The summed E-state index contributed by atoms with van der Waals surface area (Å²) in [5, 5.41) is 8.68. The van der Waals surface area contributed by atoms with Crippen molar-refractivity contribution in [1.82, 2.24) is 0 Å². The van der Waals surface area contributed by atoms with E-state index in [2.05, 4.69) is 0 Å². The van der Waals surface area contributed by atoms with E-state index in [4.69, 9.17) is 5.11 Å². The third-order valence-electron chi connectivity index (χ3n) is 1.66. The average molecular weight is 205 g/mol. The molecular weight excluding hydrogens is 195 g/mol. The number of aliphatic hydroxyl groups excluding tert-OH is 1. The average Bonchev–Trinajstić information content (AvgIpc) is 1.61. The Morgan fingerprint density at radius 2 is 2.14 bits per heavy atom. The molecule has 0 aromatic carbocycles. The van der Waals surface area contributed by atoms with Crippen LogP contribution in [0, 0.1) is 0 Å². The second-order valence-corrected chi connectivity index (χ2v) is 5.87. The summed E-state index contributed by atoms with van der Waals surface area (Å²) in [6.07, 6.45) is 3.92. The third-order valence-corrected chi connectivity index (χ3v) is 3.83. The van der Waals surface area contributed by atoms with Crippen LogP contribution >= 0.6 is 0 Å². The summed E-state index contributed by atoms with van der Waals surface area (Å²) in [7, 11) is 0. The molecule has 2 heteroatoms. The fraction of sp³-hybridized carbons (Fsp3) is 1.00. The van der Waals surface area contributed by atoms with Gasteiger partial charge in [0.05, 0.1) is 0 Å². The topological polar surface area (TPSA) is 20.2 Å². The Bertz CT molecular complexity index is 63.0. The van der Waals surface area contributed by atoms with Gasteiger partial charge in [-0.15, -0.1) is 0 Å². The molecule has 0 aromatic heterocycles. The molecule has 1 fully saturated rings. The molecule has 7 heavy (non-hydrogen) atoms. The summed E-state index contributed by atoms with van der Waals surface area (Å²) < 4.78 is 0.449. The Labute approximate surface area is 57.2 Å². The summed E-state index contributed by atoms with van der Waals surface area (Å²) in [6, 6.07) is 0. The zero-order chi connectivity index (χ0) is 5.33. The fourth-order valence-corrected chi connectivity index (χ4v) is 1.95. The Morgan fingerprint density at radius 1 is 1.57 bits per heavy atom. The third kappa shape index (κ3) is 1.11. The van der Waals surface area contributed by atoms with Gasteiger partial charge in [0.25, 0.3) is 0 Å². The normalized spacial score (nSPS) is 26.6. The van der Waals surface area contributed by atoms with Crippen molar-refractivity contribution in [3.63, 3.8) is 0 Å². The molecule has 1 aliphatic carbocycles. The van der Waals surface area contributed by atoms with Crippen LogP contribution in [0.1, 0.15) is 19.3 Å². The first-order valence-electron chi connectivity index (χ1n) is 2.67. The van der Waals surface area contributed by atoms with Crippen LogP contribution in [0.5, 0.6) is 0 Å². The molecule has 0 saturated heterocycles. The maximum atomic E-state index is 8.68. The van der Waals surface area contributed by atoms with E-state index in [9.17, 15) is 0 Å². The van der Waals surface area contributed by atoms with Crippen molar-refractivity contribution < 1.29 is 5.11 Å². The van der Waals surface area contributed by atoms with Crippen molar-refractivity contribution in [3.05, 3.63) is 0 Å². The molecule has 0 unspecified atom stereocenters. The summed E-state index contributed by atoms with van der Waals surface area (Å²) in [5.41, 5.74) is 0. The Balaban J connectivity index is 2.29. The van der Waals surface area contributed by atoms with E-state index in [0.29, 0.717) is 10.0 Å². The first-order valence-corrected chi connectivity index (χ1v) is 4.31. The van der Waals surface area contributed by atoms with Gasteiger partial charge in [-0.2, -0.15) is 0 Å². The summed E-state index contributed by atoms with van der Waals surface area (Å²) in [5.74, 6) is 0. The number of hydrogen-bond donors (Lipinski definition) is 1. The second-order valence-electron chi connectivity index (χ2n) is 2.37. The molecule has 1 aliphatic rings. The number of hydrogen-bond acceptors (Lipinski definition) is 1. The van der Waals surface area contributed by atoms with Gasteiger partial charge in [0, 0.05) is 0 Å². The van der Waals surface area contributed by atoms with Crippen molar-refractivity contribution in [1.29, 1.82) is 0 Å². The molecule has 0 bridgehead atoms. The summed E-state index contributed by atoms with van der Waals surface area (Å²) in [6.45, 7) is 0.440. The number of rotatable bonds is 1. The summed E-state index contributed by atoms with van der Waals surface area (Å²) >= 11 is 1.25. The van der Waals surface area contributed by atoms with Gasteiger partial charge in [-0.3, -0.25) is 0 Å². The van der Waals surface area contributed by atoms with Gasteiger partial charge in [0.1, 0.15) is 0 Å². The van der Waals surface area contributed by atoms with E-state index >= 15 is 0 Å². The predicted molar refractivity (Wildman–Crippen MR) is 30.8 cm³/mol. The van der Waals surface area contributed by atoms with Gasteiger partial charge in [-0.25, -0.2) is 0 Å². The first-order chi connectivity index (χ1) is 3.27. The molecule has 1 rings (SSSR count). The van der Waals surface area contributed by atoms with E-state index in [0.717, 1.165) is 0 Å². The van der Waals surface area contributed by atoms with Crippen LogP contribution in [0.3, 0.4) is 0 Å². The molecule has 1 nitrogen and oxygen atoms in total. The van der Waals surface area contributed by atoms with Crippen LogP contribution in [0.2, 0.25) is 3.43 Å². The van der Waals surface area contributed by atoms with E-state index in [1.807, 2.05) is 0 Å². The van der Waals surface area contributed by atoms with Crippen molar-refractivity contribution in [2.24, 2.45) is 0 Å². The first kappa shape index (κ1) is 5.89. The molecule has 0 spiro atoms. The molecule has 0 heterocycles. The standard InChI is InChI=1S/C5H9O.Sn.H/c6-4-5-2-1-3-5;;/h6H,1-4H2;;. The molecule has 0 aromatic rings.